The molecule has 2 aromatic rings. The predicted molar refractivity (Wildman–Crippen MR) is 82.6 cm³/mol. The molecule has 0 saturated heterocycles. The van der Waals surface area contributed by atoms with Gasteiger partial charge in [0.1, 0.15) is 23.9 Å². The van der Waals surface area contributed by atoms with E-state index in [9.17, 15) is 0 Å². The lowest BCUT2D eigenvalue weighted by atomic mass is 9.86. The van der Waals surface area contributed by atoms with Gasteiger partial charge in [0.25, 0.3) is 0 Å². The lowest BCUT2D eigenvalue weighted by Crippen LogP contribution is -2.14. The smallest absolute Gasteiger partial charge is 0.123 e. The monoisotopic (exact) mass is 289 g/mol. The highest BCUT2D eigenvalue weighted by molar-refractivity contribution is 5.44. The molecule has 2 rings (SSSR count). The number of nitrogens with two attached hydrogens (primary N) is 1. The quantitative estimate of drug-likeness (QED) is 0.913. The Bertz CT molecular complexity index is 596. The minimum Gasteiger partial charge on any atom is -0.497 e. The van der Waals surface area contributed by atoms with Crippen molar-refractivity contribution in [3.05, 3.63) is 47.4 Å². The molecule has 0 amide bonds. The van der Waals surface area contributed by atoms with Gasteiger partial charge in [-0.2, -0.15) is 0 Å². The fourth-order valence-corrected chi connectivity index (χ4v) is 2.18. The molecule has 0 atom stereocenters. The molecule has 1 heterocycles. The topological polar surface area (TPSA) is 57.6 Å². The number of rotatable bonds is 5. The Morgan fingerprint density at radius 3 is 2.57 bits per heavy atom. The largest absolute Gasteiger partial charge is 0.497 e. The fraction of sp³-hybridized carbons (Fsp3) is 0.412. The molecule has 0 aliphatic carbocycles. The van der Waals surface area contributed by atoms with Crippen LogP contribution in [0.3, 0.4) is 0 Å². The third-order valence-corrected chi connectivity index (χ3v) is 3.40. The second-order valence-corrected chi connectivity index (χ2v) is 5.97. The summed E-state index contributed by atoms with van der Waals surface area (Å²) in [5.41, 5.74) is 7.70. The molecule has 0 aliphatic heterocycles. The van der Waals surface area contributed by atoms with Crippen LogP contribution in [0.15, 0.2) is 34.9 Å². The van der Waals surface area contributed by atoms with E-state index in [0.717, 1.165) is 28.4 Å². The van der Waals surface area contributed by atoms with E-state index in [4.69, 9.17) is 19.6 Å². The summed E-state index contributed by atoms with van der Waals surface area (Å²) in [6.45, 7) is 7.27. The molecule has 0 saturated carbocycles. The maximum atomic E-state index is 5.98. The lowest BCUT2D eigenvalue weighted by molar-refractivity contribution is 0.293. The van der Waals surface area contributed by atoms with Crippen molar-refractivity contribution in [2.24, 2.45) is 5.73 Å². The Morgan fingerprint density at radius 1 is 1.19 bits per heavy atom. The minimum atomic E-state index is -0.0308. The van der Waals surface area contributed by atoms with E-state index in [0.29, 0.717) is 13.2 Å². The molecule has 0 radical (unpaired) electrons. The van der Waals surface area contributed by atoms with Gasteiger partial charge in [-0.25, -0.2) is 0 Å². The van der Waals surface area contributed by atoms with Gasteiger partial charge in [-0.05, 0) is 29.7 Å². The highest BCUT2D eigenvalue weighted by Gasteiger charge is 2.20. The number of ether oxygens (including phenoxy) is 2. The van der Waals surface area contributed by atoms with Crippen molar-refractivity contribution in [1.82, 2.24) is 0 Å². The molecule has 0 bridgehead atoms. The normalized spacial score (nSPS) is 11.5. The summed E-state index contributed by atoms with van der Waals surface area (Å²) >= 11 is 0. The van der Waals surface area contributed by atoms with Crippen LogP contribution in [0.4, 0.5) is 0 Å². The zero-order valence-corrected chi connectivity index (χ0v) is 13.1. The summed E-state index contributed by atoms with van der Waals surface area (Å²) in [6, 6.07) is 7.77. The lowest BCUT2D eigenvalue weighted by Gasteiger charge is -2.23. The zero-order valence-electron chi connectivity index (χ0n) is 13.1. The molecule has 0 aliphatic rings. The van der Waals surface area contributed by atoms with Crippen molar-refractivity contribution < 1.29 is 13.9 Å². The van der Waals surface area contributed by atoms with Gasteiger partial charge in [0.05, 0.1) is 19.9 Å². The first kappa shape index (κ1) is 15.4. The van der Waals surface area contributed by atoms with Crippen LogP contribution in [0.1, 0.15) is 37.7 Å². The number of hydrogen-bond acceptors (Lipinski definition) is 4. The molecular formula is C17H23NO3. The number of methoxy groups -OCH3 is 1. The van der Waals surface area contributed by atoms with E-state index in [1.54, 1.807) is 13.4 Å². The molecule has 21 heavy (non-hydrogen) atoms. The number of hydrogen-bond donors (Lipinski definition) is 1. The average Bonchev–Trinajstić information content (AvgIpc) is 2.91. The van der Waals surface area contributed by atoms with Crippen LogP contribution in [-0.2, 0) is 18.6 Å². The SMILES string of the molecule is COc1ccc(OCc2ccoc2CN)c(C(C)(C)C)c1. The van der Waals surface area contributed by atoms with Crippen molar-refractivity contribution in [3.63, 3.8) is 0 Å². The standard InChI is InChI=1S/C17H23NO3/c1-17(2,3)14-9-13(19-4)5-6-15(14)21-11-12-7-8-20-16(12)10-18/h5-9H,10-11,18H2,1-4H3. The van der Waals surface area contributed by atoms with Gasteiger partial charge in [0.2, 0.25) is 0 Å². The van der Waals surface area contributed by atoms with Crippen molar-refractivity contribution in [1.29, 1.82) is 0 Å². The summed E-state index contributed by atoms with van der Waals surface area (Å²) in [6.07, 6.45) is 1.64. The Balaban J connectivity index is 2.23. The maximum Gasteiger partial charge on any atom is 0.123 e. The van der Waals surface area contributed by atoms with Crippen molar-refractivity contribution >= 4 is 0 Å². The molecule has 0 unspecified atom stereocenters. The van der Waals surface area contributed by atoms with Gasteiger partial charge < -0.3 is 19.6 Å². The van der Waals surface area contributed by atoms with Crippen molar-refractivity contribution in [3.8, 4) is 11.5 Å². The van der Waals surface area contributed by atoms with Crippen LogP contribution < -0.4 is 15.2 Å². The highest BCUT2D eigenvalue weighted by atomic mass is 16.5. The van der Waals surface area contributed by atoms with E-state index < -0.39 is 0 Å². The van der Waals surface area contributed by atoms with Crippen LogP contribution in [0.25, 0.3) is 0 Å². The van der Waals surface area contributed by atoms with Crippen molar-refractivity contribution in [2.45, 2.75) is 39.3 Å². The third kappa shape index (κ3) is 3.58. The van der Waals surface area contributed by atoms with Gasteiger partial charge >= 0.3 is 0 Å². The van der Waals surface area contributed by atoms with Crippen LogP contribution in [0.2, 0.25) is 0 Å². The first-order valence-corrected chi connectivity index (χ1v) is 7.02. The van der Waals surface area contributed by atoms with Gasteiger partial charge in [-0.1, -0.05) is 20.8 Å². The summed E-state index contributed by atoms with van der Waals surface area (Å²) in [5.74, 6) is 2.45. The average molecular weight is 289 g/mol. The number of benzene rings is 1. The molecule has 4 heteroatoms. The molecule has 114 valence electrons. The van der Waals surface area contributed by atoms with Crippen LogP contribution in [0.5, 0.6) is 11.5 Å². The van der Waals surface area contributed by atoms with E-state index >= 15 is 0 Å². The summed E-state index contributed by atoms with van der Waals surface area (Å²) in [4.78, 5) is 0. The predicted octanol–water partition coefficient (Wildman–Crippen LogP) is 3.62. The Hall–Kier alpha value is -1.94. The van der Waals surface area contributed by atoms with E-state index in [-0.39, 0.29) is 5.41 Å². The Labute approximate surface area is 125 Å². The first-order chi connectivity index (χ1) is 9.95. The van der Waals surface area contributed by atoms with Crippen LogP contribution >= 0.6 is 0 Å². The first-order valence-electron chi connectivity index (χ1n) is 7.02. The number of furan rings is 1. The minimum absolute atomic E-state index is 0.0308. The highest BCUT2D eigenvalue weighted by Crippen LogP contribution is 2.34. The van der Waals surface area contributed by atoms with E-state index in [1.807, 2.05) is 24.3 Å². The van der Waals surface area contributed by atoms with Crippen LogP contribution in [-0.4, -0.2) is 7.11 Å². The Kier molecular flexibility index (Phi) is 4.58. The molecule has 0 spiro atoms. The third-order valence-electron chi connectivity index (χ3n) is 3.40. The molecule has 0 fully saturated rings. The molecule has 4 nitrogen and oxygen atoms in total. The fourth-order valence-electron chi connectivity index (χ4n) is 2.18. The summed E-state index contributed by atoms with van der Waals surface area (Å²) in [5, 5.41) is 0. The van der Waals surface area contributed by atoms with Gasteiger partial charge in [0, 0.05) is 11.1 Å². The maximum absolute atomic E-state index is 5.98. The van der Waals surface area contributed by atoms with Crippen molar-refractivity contribution in [2.75, 3.05) is 7.11 Å². The molecular weight excluding hydrogens is 266 g/mol. The summed E-state index contributed by atoms with van der Waals surface area (Å²) in [7, 11) is 1.67. The summed E-state index contributed by atoms with van der Waals surface area (Å²) < 4.78 is 16.6. The van der Waals surface area contributed by atoms with E-state index in [2.05, 4.69) is 20.8 Å². The van der Waals surface area contributed by atoms with Gasteiger partial charge in [0.15, 0.2) is 0 Å². The molecule has 1 aromatic carbocycles. The van der Waals surface area contributed by atoms with Crippen LogP contribution in [0, 0.1) is 0 Å². The van der Waals surface area contributed by atoms with Gasteiger partial charge in [-0.3, -0.25) is 0 Å². The molecule has 2 N–H and O–H groups in total. The second-order valence-electron chi connectivity index (χ2n) is 5.97. The molecule has 1 aromatic heterocycles. The van der Waals surface area contributed by atoms with E-state index in [1.165, 1.54) is 0 Å². The Morgan fingerprint density at radius 2 is 1.95 bits per heavy atom. The zero-order chi connectivity index (χ0) is 15.5. The van der Waals surface area contributed by atoms with Gasteiger partial charge in [-0.15, -0.1) is 0 Å². The second kappa shape index (κ2) is 6.22.